The van der Waals surface area contributed by atoms with E-state index < -0.39 is 24.0 Å². The Hall–Kier alpha value is -3.16. The highest BCUT2D eigenvalue weighted by atomic mass is 16.6. The van der Waals surface area contributed by atoms with Crippen molar-refractivity contribution in [2.45, 2.75) is 26.9 Å². The van der Waals surface area contributed by atoms with Crippen molar-refractivity contribution in [3.63, 3.8) is 0 Å². The minimum Gasteiger partial charge on any atom is -0.444 e. The molecule has 0 spiro atoms. The highest BCUT2D eigenvalue weighted by molar-refractivity contribution is 5.99. The van der Waals surface area contributed by atoms with E-state index in [4.69, 9.17) is 9.26 Å². The molecule has 1 heterocycles. The molecule has 0 aliphatic rings. The summed E-state index contributed by atoms with van der Waals surface area (Å²) < 4.78 is 10.3. The van der Waals surface area contributed by atoms with Gasteiger partial charge >= 0.3 is 12.0 Å². The van der Waals surface area contributed by atoms with Crippen LogP contribution in [-0.2, 0) is 9.53 Å². The topological polar surface area (TPSA) is 111 Å². The molecule has 2 aromatic rings. The standard InChI is InChI=1S/C17H19N3O5/c1-4-18-17(23)19-15(21)14(12-8-6-5-7-9-12)24-16(22)13-10(2)20-25-11(13)3/h5-9,14H,4H2,1-3H3,(H2,18,19,21,23)/t14-/m0/s1. The molecular weight excluding hydrogens is 326 g/mol. The molecular formula is C17H19N3O5. The van der Waals surface area contributed by atoms with Crippen molar-refractivity contribution in [2.75, 3.05) is 6.54 Å². The molecule has 2 N–H and O–H groups in total. The maximum Gasteiger partial charge on any atom is 0.344 e. The summed E-state index contributed by atoms with van der Waals surface area (Å²) in [5, 5.41) is 8.29. The van der Waals surface area contributed by atoms with E-state index in [9.17, 15) is 14.4 Å². The van der Waals surface area contributed by atoms with Crippen molar-refractivity contribution in [1.29, 1.82) is 0 Å². The van der Waals surface area contributed by atoms with E-state index in [1.54, 1.807) is 51.1 Å². The predicted molar refractivity (Wildman–Crippen MR) is 87.8 cm³/mol. The fraction of sp³-hybridized carbons (Fsp3) is 0.294. The predicted octanol–water partition coefficient (Wildman–Crippen LogP) is 2.04. The summed E-state index contributed by atoms with van der Waals surface area (Å²) in [4.78, 5) is 36.5. The molecule has 0 radical (unpaired) electrons. The third-order valence-corrected chi connectivity index (χ3v) is 3.38. The first-order valence-electron chi connectivity index (χ1n) is 7.71. The molecule has 8 nitrogen and oxygen atoms in total. The second-order valence-corrected chi connectivity index (χ2v) is 5.24. The Kier molecular flexibility index (Phi) is 5.89. The number of rotatable bonds is 5. The zero-order valence-corrected chi connectivity index (χ0v) is 14.2. The Morgan fingerprint density at radius 1 is 1.20 bits per heavy atom. The number of imide groups is 1. The van der Waals surface area contributed by atoms with E-state index in [-0.39, 0.29) is 5.56 Å². The fourth-order valence-electron chi connectivity index (χ4n) is 2.22. The van der Waals surface area contributed by atoms with Gasteiger partial charge in [0.2, 0.25) is 6.10 Å². The average Bonchev–Trinajstić information content (AvgIpc) is 2.92. The van der Waals surface area contributed by atoms with Crippen LogP contribution >= 0.6 is 0 Å². The lowest BCUT2D eigenvalue weighted by atomic mass is 10.1. The minimum absolute atomic E-state index is 0.159. The van der Waals surface area contributed by atoms with Crippen molar-refractivity contribution in [3.8, 4) is 0 Å². The molecule has 1 aromatic carbocycles. The maximum atomic E-state index is 12.4. The molecule has 132 valence electrons. The lowest BCUT2D eigenvalue weighted by Gasteiger charge is -2.17. The van der Waals surface area contributed by atoms with E-state index >= 15 is 0 Å². The van der Waals surface area contributed by atoms with E-state index in [1.807, 2.05) is 0 Å². The first-order chi connectivity index (χ1) is 11.9. The molecule has 0 unspecified atom stereocenters. The van der Waals surface area contributed by atoms with Crippen LogP contribution in [0, 0.1) is 13.8 Å². The number of hydrogen-bond acceptors (Lipinski definition) is 6. The van der Waals surface area contributed by atoms with Crippen molar-refractivity contribution in [1.82, 2.24) is 15.8 Å². The number of urea groups is 1. The Morgan fingerprint density at radius 2 is 1.88 bits per heavy atom. The number of hydrogen-bond donors (Lipinski definition) is 2. The van der Waals surface area contributed by atoms with Gasteiger partial charge in [-0.1, -0.05) is 35.5 Å². The van der Waals surface area contributed by atoms with Crippen LogP contribution in [0.4, 0.5) is 4.79 Å². The van der Waals surface area contributed by atoms with Crippen molar-refractivity contribution in [2.24, 2.45) is 0 Å². The van der Waals surface area contributed by atoms with Gasteiger partial charge in [-0.15, -0.1) is 0 Å². The van der Waals surface area contributed by atoms with Crippen LogP contribution in [0.1, 0.15) is 40.4 Å². The maximum absolute atomic E-state index is 12.4. The van der Waals surface area contributed by atoms with E-state index in [2.05, 4.69) is 15.8 Å². The number of benzene rings is 1. The minimum atomic E-state index is -1.29. The first-order valence-corrected chi connectivity index (χ1v) is 7.71. The Bertz CT molecular complexity index is 750. The number of amides is 3. The summed E-state index contributed by atoms with van der Waals surface area (Å²) in [5.74, 6) is -1.22. The molecule has 1 atom stereocenters. The lowest BCUT2D eigenvalue weighted by Crippen LogP contribution is -2.42. The largest absolute Gasteiger partial charge is 0.444 e. The van der Waals surface area contributed by atoms with Crippen LogP contribution in [0.2, 0.25) is 0 Å². The second kappa shape index (κ2) is 8.09. The number of carbonyl (C=O) groups excluding carboxylic acids is 3. The summed E-state index contributed by atoms with van der Waals surface area (Å²) in [6.07, 6.45) is -1.29. The monoisotopic (exact) mass is 345 g/mol. The highest BCUT2D eigenvalue weighted by Crippen LogP contribution is 2.22. The van der Waals surface area contributed by atoms with Gasteiger partial charge in [0.05, 0.1) is 5.69 Å². The number of esters is 1. The van der Waals surface area contributed by atoms with Crippen molar-refractivity contribution < 1.29 is 23.6 Å². The van der Waals surface area contributed by atoms with Gasteiger partial charge in [-0.2, -0.15) is 0 Å². The molecule has 25 heavy (non-hydrogen) atoms. The first kappa shape index (κ1) is 18.2. The molecule has 0 aliphatic heterocycles. The van der Waals surface area contributed by atoms with Gasteiger partial charge in [-0.05, 0) is 20.8 Å². The molecule has 1 aromatic heterocycles. The van der Waals surface area contributed by atoms with Gasteiger partial charge in [0.25, 0.3) is 5.91 Å². The molecule has 8 heteroatoms. The highest BCUT2D eigenvalue weighted by Gasteiger charge is 2.29. The molecule has 0 saturated heterocycles. The van der Waals surface area contributed by atoms with E-state index in [1.165, 1.54) is 0 Å². The van der Waals surface area contributed by atoms with Gasteiger partial charge in [-0.3, -0.25) is 10.1 Å². The Labute approximate surface area is 144 Å². The molecule has 0 bridgehead atoms. The molecule has 0 saturated carbocycles. The second-order valence-electron chi connectivity index (χ2n) is 5.24. The summed E-state index contributed by atoms with van der Waals surface area (Å²) in [5.41, 5.74) is 0.953. The molecule has 2 rings (SSSR count). The third kappa shape index (κ3) is 4.43. The van der Waals surface area contributed by atoms with Crippen molar-refractivity contribution >= 4 is 17.9 Å². The average molecular weight is 345 g/mol. The zero-order valence-electron chi connectivity index (χ0n) is 14.2. The molecule has 0 fully saturated rings. The number of nitrogens with one attached hydrogen (secondary N) is 2. The van der Waals surface area contributed by atoms with Gasteiger partial charge in [-0.25, -0.2) is 9.59 Å². The summed E-state index contributed by atoms with van der Waals surface area (Å²) in [6, 6.07) is 7.75. The van der Waals surface area contributed by atoms with Crippen molar-refractivity contribution in [3.05, 3.63) is 52.9 Å². The van der Waals surface area contributed by atoms with Gasteiger partial charge in [0.15, 0.2) is 0 Å². The zero-order chi connectivity index (χ0) is 18.4. The Balaban J connectivity index is 2.25. The van der Waals surface area contributed by atoms with E-state index in [0.717, 1.165) is 0 Å². The third-order valence-electron chi connectivity index (χ3n) is 3.38. The SMILES string of the molecule is CCNC(=O)NC(=O)[C@@H](OC(=O)c1c(C)noc1C)c1ccccc1. The van der Waals surface area contributed by atoms with Crippen LogP contribution in [0.5, 0.6) is 0 Å². The molecule has 3 amide bonds. The fourth-order valence-corrected chi connectivity index (χ4v) is 2.22. The number of carbonyl (C=O) groups is 3. The van der Waals surface area contributed by atoms with Crippen LogP contribution in [-0.4, -0.2) is 29.6 Å². The Morgan fingerprint density at radius 3 is 2.44 bits per heavy atom. The van der Waals surface area contributed by atoms with Crippen LogP contribution in [0.3, 0.4) is 0 Å². The number of ether oxygens (including phenoxy) is 1. The van der Waals surface area contributed by atoms with Crippen LogP contribution in [0.25, 0.3) is 0 Å². The summed E-state index contributed by atoms with van der Waals surface area (Å²) in [7, 11) is 0. The lowest BCUT2D eigenvalue weighted by molar-refractivity contribution is -0.129. The van der Waals surface area contributed by atoms with Crippen LogP contribution in [0.15, 0.2) is 34.9 Å². The number of aromatic nitrogens is 1. The number of aryl methyl sites for hydroxylation is 2. The van der Waals surface area contributed by atoms with Gasteiger partial charge < -0.3 is 14.6 Å². The summed E-state index contributed by atoms with van der Waals surface area (Å²) >= 11 is 0. The quantitative estimate of drug-likeness (QED) is 0.802. The number of nitrogens with zero attached hydrogens (tertiary/aromatic N) is 1. The van der Waals surface area contributed by atoms with Gasteiger partial charge in [0, 0.05) is 12.1 Å². The van der Waals surface area contributed by atoms with E-state index in [0.29, 0.717) is 23.6 Å². The normalized spacial score (nSPS) is 11.5. The summed E-state index contributed by atoms with van der Waals surface area (Å²) in [6.45, 7) is 5.24. The molecule has 0 aliphatic carbocycles. The van der Waals surface area contributed by atoms with Gasteiger partial charge in [0.1, 0.15) is 11.3 Å². The smallest absolute Gasteiger partial charge is 0.344 e. The van der Waals surface area contributed by atoms with Crippen LogP contribution < -0.4 is 10.6 Å².